The molecule has 0 saturated heterocycles. The Morgan fingerprint density at radius 2 is 1.67 bits per heavy atom. The summed E-state index contributed by atoms with van der Waals surface area (Å²) in [5.41, 5.74) is 7.46. The molecule has 0 saturated carbocycles. The Bertz CT molecular complexity index is 831. The van der Waals surface area contributed by atoms with Crippen LogP contribution in [0.3, 0.4) is 0 Å². The van der Waals surface area contributed by atoms with Crippen molar-refractivity contribution in [3.8, 4) is 11.1 Å². The van der Waals surface area contributed by atoms with Crippen LogP contribution >= 0.6 is 0 Å². The Balaban J connectivity index is 0.00000121. The minimum atomic E-state index is 0. The van der Waals surface area contributed by atoms with Gasteiger partial charge in [0.2, 0.25) is 0 Å². The van der Waals surface area contributed by atoms with Crippen molar-refractivity contribution in [1.82, 2.24) is 0 Å². The second kappa shape index (κ2) is 9.64. The molecule has 2 aromatic carbocycles. The Labute approximate surface area is 184 Å². The summed E-state index contributed by atoms with van der Waals surface area (Å²) in [5, 5.41) is 0. The van der Waals surface area contributed by atoms with Crippen LogP contribution in [0.2, 0.25) is 0 Å². The first-order chi connectivity index (χ1) is 11.7. The molecular weight excluding hydrogens is 491 g/mol. The molecule has 0 N–H and O–H groups in total. The standard InChI is InChI=1S/C24H24.2CH3.Hf/c1-3-4-16-24(2,19-11-6-7-12-19)23-15-9-14-21-20-13-8-5-10-18(20)17-22(21)23;;;/h3,5-15,19H,1,4,16-17H2,2H3;2*1H3;/q;2*-1;. The van der Waals surface area contributed by atoms with E-state index in [0.29, 0.717) is 5.92 Å². The van der Waals surface area contributed by atoms with Gasteiger partial charge < -0.3 is 14.9 Å². The van der Waals surface area contributed by atoms with Gasteiger partial charge >= 0.3 is 0 Å². The maximum atomic E-state index is 3.95. The minimum Gasteiger partial charge on any atom is -0.358 e. The SMILES string of the molecule is C=CCCC(C)(c1cccc2c1Cc1ccccc1-2)C1C=CC=C1.[CH3-].[CH3-].[Hf]. The summed E-state index contributed by atoms with van der Waals surface area (Å²) in [6, 6.07) is 15.7. The van der Waals surface area contributed by atoms with E-state index in [9.17, 15) is 0 Å². The van der Waals surface area contributed by atoms with Crippen molar-refractivity contribution >= 4 is 0 Å². The third kappa shape index (κ3) is 4.04. The second-order valence-corrected chi connectivity index (χ2v) is 7.21. The Hall–Kier alpha value is -1.47. The third-order valence-electron chi connectivity index (χ3n) is 5.82. The van der Waals surface area contributed by atoms with Crippen molar-refractivity contribution in [3.63, 3.8) is 0 Å². The van der Waals surface area contributed by atoms with Crippen LogP contribution in [0.15, 0.2) is 79.4 Å². The molecule has 140 valence electrons. The van der Waals surface area contributed by atoms with Crippen LogP contribution in [0.1, 0.15) is 36.5 Å². The van der Waals surface area contributed by atoms with Crippen LogP contribution in [-0.2, 0) is 37.7 Å². The molecule has 27 heavy (non-hydrogen) atoms. The summed E-state index contributed by atoms with van der Waals surface area (Å²) in [4.78, 5) is 0. The largest absolute Gasteiger partial charge is 0.358 e. The van der Waals surface area contributed by atoms with Crippen molar-refractivity contribution in [1.29, 1.82) is 0 Å². The molecule has 0 aliphatic heterocycles. The quantitative estimate of drug-likeness (QED) is 0.191. The van der Waals surface area contributed by atoms with E-state index in [4.69, 9.17) is 0 Å². The molecule has 0 fully saturated rings. The van der Waals surface area contributed by atoms with Crippen LogP contribution in [0.5, 0.6) is 0 Å². The van der Waals surface area contributed by atoms with Gasteiger partial charge in [0.05, 0.1) is 0 Å². The molecule has 4 rings (SSSR count). The average molecular weight is 521 g/mol. The fourth-order valence-electron chi connectivity index (χ4n) is 4.43. The van der Waals surface area contributed by atoms with E-state index in [0.717, 1.165) is 19.3 Å². The number of hydrogen-bond acceptors (Lipinski definition) is 0. The summed E-state index contributed by atoms with van der Waals surface area (Å²) in [6.45, 7) is 6.38. The third-order valence-corrected chi connectivity index (χ3v) is 5.82. The number of allylic oxidation sites excluding steroid dienone is 5. The molecule has 1 heteroatoms. The predicted molar refractivity (Wildman–Crippen MR) is 116 cm³/mol. The van der Waals surface area contributed by atoms with Crippen molar-refractivity contribution in [2.45, 2.75) is 31.6 Å². The van der Waals surface area contributed by atoms with E-state index in [2.05, 4.69) is 86.3 Å². The van der Waals surface area contributed by atoms with Gasteiger partial charge in [-0.25, -0.2) is 0 Å². The van der Waals surface area contributed by atoms with E-state index < -0.39 is 0 Å². The number of hydrogen-bond donors (Lipinski definition) is 0. The zero-order valence-electron chi connectivity index (χ0n) is 16.8. The van der Waals surface area contributed by atoms with Crippen molar-refractivity contribution in [3.05, 3.63) is 111 Å². The van der Waals surface area contributed by atoms with E-state index in [1.54, 1.807) is 0 Å². The molecule has 2 aliphatic carbocycles. The number of rotatable bonds is 5. The molecule has 0 radical (unpaired) electrons. The Morgan fingerprint density at radius 1 is 1.00 bits per heavy atom. The topological polar surface area (TPSA) is 0 Å². The molecule has 1 unspecified atom stereocenters. The van der Waals surface area contributed by atoms with Crippen LogP contribution < -0.4 is 0 Å². The van der Waals surface area contributed by atoms with Gasteiger partial charge in [0.1, 0.15) is 0 Å². The predicted octanol–water partition coefficient (Wildman–Crippen LogP) is 7.12. The fraction of sp³-hybridized carbons (Fsp3) is 0.231. The Morgan fingerprint density at radius 3 is 2.37 bits per heavy atom. The smallest absolute Gasteiger partial charge is 0.00474 e. The molecular formula is C26H30Hf-2. The van der Waals surface area contributed by atoms with E-state index in [-0.39, 0.29) is 46.1 Å². The van der Waals surface area contributed by atoms with E-state index >= 15 is 0 Å². The molecule has 0 bridgehead atoms. The summed E-state index contributed by atoms with van der Waals surface area (Å²) in [5.74, 6) is 0.465. The van der Waals surface area contributed by atoms with Gasteiger partial charge in [0, 0.05) is 37.2 Å². The monoisotopic (exact) mass is 522 g/mol. The molecule has 0 aromatic heterocycles. The maximum Gasteiger partial charge on any atom is 0.00474 e. The summed E-state index contributed by atoms with van der Waals surface area (Å²) < 4.78 is 0. The normalized spacial score (nSPS) is 15.6. The minimum absolute atomic E-state index is 0. The second-order valence-electron chi connectivity index (χ2n) is 7.21. The van der Waals surface area contributed by atoms with Gasteiger partial charge in [-0.05, 0) is 47.1 Å². The first-order valence-electron chi connectivity index (χ1n) is 8.90. The van der Waals surface area contributed by atoms with Crippen molar-refractivity contribution in [2.75, 3.05) is 0 Å². The van der Waals surface area contributed by atoms with E-state index in [1.807, 2.05) is 0 Å². The van der Waals surface area contributed by atoms with Gasteiger partial charge in [0.15, 0.2) is 0 Å². The zero-order chi connectivity index (χ0) is 16.6. The molecule has 2 aromatic rings. The average Bonchev–Trinajstić information content (AvgIpc) is 3.27. The number of benzene rings is 2. The first-order valence-corrected chi connectivity index (χ1v) is 8.90. The van der Waals surface area contributed by atoms with Crippen molar-refractivity contribution in [2.24, 2.45) is 5.92 Å². The van der Waals surface area contributed by atoms with Crippen LogP contribution in [0.25, 0.3) is 11.1 Å². The number of fused-ring (bicyclic) bond motifs is 3. The molecule has 0 spiro atoms. The molecule has 2 aliphatic rings. The van der Waals surface area contributed by atoms with Crippen LogP contribution in [0.4, 0.5) is 0 Å². The summed E-state index contributed by atoms with van der Waals surface area (Å²) in [7, 11) is 0. The Kier molecular flexibility index (Phi) is 8.42. The first kappa shape index (κ1) is 23.6. The maximum absolute atomic E-state index is 3.95. The zero-order valence-corrected chi connectivity index (χ0v) is 20.4. The molecule has 0 amide bonds. The van der Waals surface area contributed by atoms with Gasteiger partial charge in [0.25, 0.3) is 0 Å². The molecule has 0 nitrogen and oxygen atoms in total. The van der Waals surface area contributed by atoms with E-state index in [1.165, 1.54) is 27.8 Å². The fourth-order valence-corrected chi connectivity index (χ4v) is 4.43. The summed E-state index contributed by atoms with van der Waals surface area (Å²) >= 11 is 0. The van der Waals surface area contributed by atoms with Gasteiger partial charge in [-0.2, -0.15) is 0 Å². The van der Waals surface area contributed by atoms with Gasteiger partial charge in [-0.15, -0.1) is 6.58 Å². The summed E-state index contributed by atoms with van der Waals surface area (Å²) in [6.07, 6.45) is 14.4. The molecule has 0 heterocycles. The van der Waals surface area contributed by atoms with Crippen LogP contribution in [0, 0.1) is 20.8 Å². The van der Waals surface area contributed by atoms with Crippen molar-refractivity contribution < 1.29 is 25.8 Å². The van der Waals surface area contributed by atoms with Gasteiger partial charge in [-0.3, -0.25) is 0 Å². The molecule has 1 atom stereocenters. The van der Waals surface area contributed by atoms with Gasteiger partial charge in [-0.1, -0.05) is 79.8 Å². The van der Waals surface area contributed by atoms with Crippen LogP contribution in [-0.4, -0.2) is 0 Å².